The average molecular weight is 300 g/mol. The van der Waals surface area contributed by atoms with Gasteiger partial charge in [0.15, 0.2) is 5.75 Å². The second-order valence-corrected chi connectivity index (χ2v) is 5.97. The number of amides is 1. The van der Waals surface area contributed by atoms with E-state index in [0.29, 0.717) is 24.5 Å². The summed E-state index contributed by atoms with van der Waals surface area (Å²) in [6.45, 7) is 2.44. The fraction of sp³-hybridized carbons (Fsp3) is 0.538. The van der Waals surface area contributed by atoms with E-state index in [0.717, 1.165) is 6.42 Å². The normalized spacial score (nSPS) is 12.1. The number of aromatic nitrogens is 1. The second-order valence-electron chi connectivity index (χ2n) is 4.39. The van der Waals surface area contributed by atoms with Crippen molar-refractivity contribution < 1.29 is 13.7 Å². The zero-order chi connectivity index (χ0) is 15.0. The van der Waals surface area contributed by atoms with E-state index < -0.39 is 16.7 Å². The number of hydrogen-bond donors (Lipinski definition) is 2. The van der Waals surface area contributed by atoms with Crippen molar-refractivity contribution in [2.75, 3.05) is 12.4 Å². The van der Waals surface area contributed by atoms with Gasteiger partial charge in [0.1, 0.15) is 0 Å². The molecular formula is C13H20N2O4S. The van der Waals surface area contributed by atoms with Gasteiger partial charge in [-0.05, 0) is 12.8 Å². The molecule has 0 bridgehead atoms. The Morgan fingerprint density at radius 3 is 2.85 bits per heavy atom. The summed E-state index contributed by atoms with van der Waals surface area (Å²) >= 11 is 0. The summed E-state index contributed by atoms with van der Waals surface area (Å²) in [6, 6.07) is 1.40. The molecular weight excluding hydrogens is 280 g/mol. The van der Waals surface area contributed by atoms with Crippen molar-refractivity contribution in [2.45, 2.75) is 31.9 Å². The lowest BCUT2D eigenvalue weighted by Crippen LogP contribution is -2.13. The molecule has 1 unspecified atom stereocenters. The Bertz CT molecular complexity index is 527. The Labute approximate surface area is 120 Å². The van der Waals surface area contributed by atoms with Gasteiger partial charge in [0.05, 0.1) is 12.4 Å². The summed E-state index contributed by atoms with van der Waals surface area (Å²) in [5.74, 6) is 0.518. The summed E-state index contributed by atoms with van der Waals surface area (Å²) in [7, 11) is -1.13. The van der Waals surface area contributed by atoms with Crippen LogP contribution in [0.2, 0.25) is 0 Å². The zero-order valence-electron chi connectivity index (χ0n) is 11.5. The van der Waals surface area contributed by atoms with E-state index in [9.17, 15) is 13.8 Å². The number of rotatable bonds is 9. The molecule has 0 aliphatic heterocycles. The van der Waals surface area contributed by atoms with E-state index in [-0.39, 0.29) is 23.4 Å². The number of hydrogen-bond acceptors (Lipinski definition) is 4. The molecule has 1 aromatic heterocycles. The van der Waals surface area contributed by atoms with Crippen molar-refractivity contribution in [2.24, 2.45) is 5.73 Å². The van der Waals surface area contributed by atoms with Gasteiger partial charge in [-0.15, -0.1) is 0 Å². The van der Waals surface area contributed by atoms with E-state index in [4.69, 9.17) is 10.5 Å². The Kier molecular flexibility index (Phi) is 7.00. The van der Waals surface area contributed by atoms with E-state index >= 15 is 0 Å². The van der Waals surface area contributed by atoms with Crippen LogP contribution >= 0.6 is 0 Å². The fourth-order valence-electron chi connectivity index (χ4n) is 1.56. The smallest absolute Gasteiger partial charge is 0.223 e. The second kappa shape index (κ2) is 8.52. The number of pyridine rings is 1. The first-order valence-electron chi connectivity index (χ1n) is 6.50. The van der Waals surface area contributed by atoms with Gasteiger partial charge >= 0.3 is 0 Å². The first-order chi connectivity index (χ1) is 9.52. The van der Waals surface area contributed by atoms with Crippen molar-refractivity contribution in [1.82, 2.24) is 4.98 Å². The van der Waals surface area contributed by atoms with Crippen LogP contribution in [0.1, 0.15) is 31.9 Å². The topological polar surface area (TPSA) is 102 Å². The SMILES string of the molecule is CCCOc1c[nH]c(CS(=O)CCCC(N)=O)cc1=O. The van der Waals surface area contributed by atoms with Crippen molar-refractivity contribution in [3.63, 3.8) is 0 Å². The molecule has 1 heterocycles. The highest BCUT2D eigenvalue weighted by Gasteiger charge is 2.07. The molecule has 0 saturated carbocycles. The van der Waals surface area contributed by atoms with E-state index in [1.165, 1.54) is 12.3 Å². The van der Waals surface area contributed by atoms with Crippen LogP contribution in [0.5, 0.6) is 5.75 Å². The number of carbonyl (C=O) groups excluding carboxylic acids is 1. The van der Waals surface area contributed by atoms with Crippen LogP contribution in [-0.4, -0.2) is 27.5 Å². The molecule has 7 heteroatoms. The van der Waals surface area contributed by atoms with Gasteiger partial charge in [-0.3, -0.25) is 13.8 Å². The minimum absolute atomic E-state index is 0.221. The van der Waals surface area contributed by atoms with E-state index in [1.54, 1.807) is 0 Å². The standard InChI is InChI=1S/C13H20N2O4S/c1-2-5-19-12-8-15-10(7-11(12)16)9-20(18)6-3-4-13(14)17/h7-8H,2-6,9H2,1H3,(H2,14,17)(H,15,16). The van der Waals surface area contributed by atoms with Crippen molar-refractivity contribution in [3.05, 3.63) is 28.2 Å². The highest BCUT2D eigenvalue weighted by Crippen LogP contribution is 2.05. The third-order valence-electron chi connectivity index (χ3n) is 2.51. The predicted octanol–water partition coefficient (Wildman–Crippen LogP) is 0.678. The number of nitrogens with two attached hydrogens (primary N) is 1. The molecule has 3 N–H and O–H groups in total. The fourth-order valence-corrected chi connectivity index (χ4v) is 2.69. The number of carbonyl (C=O) groups is 1. The molecule has 0 fully saturated rings. The van der Waals surface area contributed by atoms with Crippen LogP contribution in [0.4, 0.5) is 0 Å². The van der Waals surface area contributed by atoms with E-state index in [2.05, 4.69) is 4.98 Å². The Morgan fingerprint density at radius 1 is 1.50 bits per heavy atom. The number of nitrogens with one attached hydrogen (secondary N) is 1. The first-order valence-corrected chi connectivity index (χ1v) is 7.99. The summed E-state index contributed by atoms with van der Waals surface area (Å²) in [5.41, 5.74) is 5.38. The van der Waals surface area contributed by atoms with E-state index in [1.807, 2.05) is 6.92 Å². The van der Waals surface area contributed by atoms with Gasteiger partial charge in [0, 0.05) is 40.9 Å². The first kappa shape index (κ1) is 16.4. The summed E-state index contributed by atoms with van der Waals surface area (Å²) in [4.78, 5) is 25.2. The quantitative estimate of drug-likeness (QED) is 0.700. The number of H-pyrrole nitrogens is 1. The van der Waals surface area contributed by atoms with Crippen LogP contribution in [0.25, 0.3) is 0 Å². The monoisotopic (exact) mass is 300 g/mol. The largest absolute Gasteiger partial charge is 0.488 e. The molecule has 0 saturated heterocycles. The Balaban J connectivity index is 2.52. The number of aromatic amines is 1. The Hall–Kier alpha value is -1.63. The average Bonchev–Trinajstić information content (AvgIpc) is 2.37. The van der Waals surface area contributed by atoms with Gasteiger partial charge < -0.3 is 15.5 Å². The lowest BCUT2D eigenvalue weighted by Gasteiger charge is -2.05. The molecule has 1 rings (SSSR count). The molecule has 1 atom stereocenters. The molecule has 0 aliphatic rings. The highest BCUT2D eigenvalue weighted by atomic mass is 32.2. The summed E-state index contributed by atoms with van der Waals surface area (Å²) in [6.07, 6.45) is 3.04. The maximum Gasteiger partial charge on any atom is 0.223 e. The molecule has 0 aromatic carbocycles. The van der Waals surface area contributed by atoms with Crippen LogP contribution < -0.4 is 15.9 Å². The molecule has 0 radical (unpaired) electrons. The van der Waals surface area contributed by atoms with Gasteiger partial charge in [0.25, 0.3) is 0 Å². The molecule has 0 spiro atoms. The Morgan fingerprint density at radius 2 is 2.25 bits per heavy atom. The molecule has 6 nitrogen and oxygen atoms in total. The van der Waals surface area contributed by atoms with Gasteiger partial charge in [-0.2, -0.15) is 0 Å². The zero-order valence-corrected chi connectivity index (χ0v) is 12.3. The third kappa shape index (κ3) is 6.01. The molecule has 1 amide bonds. The van der Waals surface area contributed by atoms with Crippen molar-refractivity contribution >= 4 is 16.7 Å². The number of primary amides is 1. The van der Waals surface area contributed by atoms with Gasteiger partial charge in [-0.25, -0.2) is 0 Å². The summed E-state index contributed by atoms with van der Waals surface area (Å²) in [5, 5.41) is 0. The molecule has 20 heavy (non-hydrogen) atoms. The molecule has 0 aliphatic carbocycles. The molecule has 1 aromatic rings. The summed E-state index contributed by atoms with van der Waals surface area (Å²) < 4.78 is 17.0. The van der Waals surface area contributed by atoms with Gasteiger partial charge in [0.2, 0.25) is 11.3 Å². The highest BCUT2D eigenvalue weighted by molar-refractivity contribution is 7.84. The van der Waals surface area contributed by atoms with Crippen LogP contribution in [0.3, 0.4) is 0 Å². The molecule has 112 valence electrons. The van der Waals surface area contributed by atoms with Crippen LogP contribution in [0.15, 0.2) is 17.1 Å². The van der Waals surface area contributed by atoms with Crippen LogP contribution in [-0.2, 0) is 21.3 Å². The lowest BCUT2D eigenvalue weighted by molar-refractivity contribution is -0.118. The maximum atomic E-state index is 11.8. The van der Waals surface area contributed by atoms with Gasteiger partial charge in [-0.1, -0.05) is 6.92 Å². The minimum Gasteiger partial charge on any atom is -0.488 e. The van der Waals surface area contributed by atoms with Crippen LogP contribution in [0, 0.1) is 0 Å². The minimum atomic E-state index is -1.13. The third-order valence-corrected chi connectivity index (χ3v) is 3.89. The predicted molar refractivity (Wildman–Crippen MR) is 78.0 cm³/mol. The maximum absolute atomic E-state index is 11.8. The number of ether oxygens (including phenoxy) is 1. The van der Waals surface area contributed by atoms with Crippen molar-refractivity contribution in [1.29, 1.82) is 0 Å². The van der Waals surface area contributed by atoms with Crippen molar-refractivity contribution in [3.8, 4) is 5.75 Å². The lowest BCUT2D eigenvalue weighted by atomic mass is 10.3.